The van der Waals surface area contributed by atoms with Crippen LogP contribution in [0, 0.1) is 0 Å². The van der Waals surface area contributed by atoms with Crippen molar-refractivity contribution in [2.24, 2.45) is 0 Å². The first kappa shape index (κ1) is 19.1. The molecule has 27 heavy (non-hydrogen) atoms. The van der Waals surface area contributed by atoms with Crippen molar-refractivity contribution in [1.82, 2.24) is 0 Å². The molecule has 0 saturated carbocycles. The summed E-state index contributed by atoms with van der Waals surface area (Å²) in [5.74, 6) is 0.145. The third kappa shape index (κ3) is 4.01. The van der Waals surface area contributed by atoms with Gasteiger partial charge >= 0.3 is 0 Å². The Morgan fingerprint density at radius 2 is 1.11 bits per heavy atom. The molecule has 0 bridgehead atoms. The van der Waals surface area contributed by atoms with Crippen LogP contribution in [-0.4, -0.2) is 18.5 Å². The zero-order valence-corrected chi connectivity index (χ0v) is 16.0. The Morgan fingerprint density at radius 3 is 1.44 bits per heavy atom. The fourth-order valence-electron chi connectivity index (χ4n) is 3.62. The molecule has 0 aliphatic carbocycles. The molecule has 3 rings (SSSR count). The quantitative estimate of drug-likeness (QED) is 0.504. The average molecular weight is 358 g/mol. The second-order valence-electron chi connectivity index (χ2n) is 6.94. The van der Waals surface area contributed by atoms with Crippen LogP contribution < -0.4 is 0 Å². The molecule has 0 unspecified atom stereocenters. The maximum absolute atomic E-state index is 13.8. The van der Waals surface area contributed by atoms with E-state index in [2.05, 4.69) is 0 Å². The van der Waals surface area contributed by atoms with Gasteiger partial charge in [0, 0.05) is 6.42 Å². The van der Waals surface area contributed by atoms with Gasteiger partial charge in [0.2, 0.25) is 0 Å². The van der Waals surface area contributed by atoms with E-state index in [4.69, 9.17) is 4.74 Å². The number of hydrogen-bond donors (Lipinski definition) is 0. The number of benzene rings is 3. The van der Waals surface area contributed by atoms with Crippen LogP contribution in [0.15, 0.2) is 91.0 Å². The molecule has 0 aromatic heterocycles. The van der Waals surface area contributed by atoms with Crippen molar-refractivity contribution in [2.75, 3.05) is 6.61 Å². The predicted octanol–water partition coefficient (Wildman–Crippen LogP) is 5.41. The highest BCUT2D eigenvalue weighted by atomic mass is 16.5. The summed E-state index contributed by atoms with van der Waals surface area (Å²) >= 11 is 0. The minimum absolute atomic E-state index is 0.109. The van der Waals surface area contributed by atoms with Gasteiger partial charge in [-0.15, -0.1) is 0 Å². The molecule has 0 aliphatic rings. The van der Waals surface area contributed by atoms with Crippen molar-refractivity contribution in [1.29, 1.82) is 0 Å². The van der Waals surface area contributed by atoms with Gasteiger partial charge in [-0.05, 0) is 30.5 Å². The van der Waals surface area contributed by atoms with Crippen LogP contribution in [0.25, 0.3) is 0 Å². The minimum atomic E-state index is -0.843. The second-order valence-corrected chi connectivity index (χ2v) is 6.94. The summed E-state index contributed by atoms with van der Waals surface area (Å²) in [5, 5.41) is 0. The molecule has 0 saturated heterocycles. The van der Waals surface area contributed by atoms with E-state index < -0.39 is 5.41 Å². The largest absolute Gasteiger partial charge is 0.378 e. The van der Waals surface area contributed by atoms with Gasteiger partial charge < -0.3 is 4.74 Å². The van der Waals surface area contributed by atoms with Crippen LogP contribution in [0.5, 0.6) is 0 Å². The lowest BCUT2D eigenvalue weighted by atomic mass is 9.66. The van der Waals surface area contributed by atoms with Gasteiger partial charge in [0.15, 0.2) is 5.78 Å². The molecule has 0 fully saturated rings. The van der Waals surface area contributed by atoms with E-state index in [1.807, 2.05) is 105 Å². The molecule has 0 amide bonds. The lowest BCUT2D eigenvalue weighted by molar-refractivity contribution is -0.123. The van der Waals surface area contributed by atoms with Crippen LogP contribution >= 0.6 is 0 Å². The normalized spacial score (nSPS) is 11.5. The van der Waals surface area contributed by atoms with E-state index in [0.29, 0.717) is 13.0 Å². The summed E-state index contributed by atoms with van der Waals surface area (Å²) < 4.78 is 5.69. The van der Waals surface area contributed by atoms with Gasteiger partial charge in [-0.2, -0.15) is 0 Å². The lowest BCUT2D eigenvalue weighted by Gasteiger charge is -2.34. The maximum Gasteiger partial charge on any atom is 0.154 e. The Kier molecular flexibility index (Phi) is 6.20. The SMILES string of the molecule is CC(C)OCCC(=O)C(c1ccccc1)(c1ccccc1)c1ccccc1. The Morgan fingerprint density at radius 1 is 0.741 bits per heavy atom. The summed E-state index contributed by atoms with van der Waals surface area (Å²) in [5.41, 5.74) is 2.11. The predicted molar refractivity (Wildman–Crippen MR) is 110 cm³/mol. The summed E-state index contributed by atoms with van der Waals surface area (Å²) in [7, 11) is 0. The third-order valence-corrected chi connectivity index (χ3v) is 4.82. The number of carbonyl (C=O) groups is 1. The molecule has 138 valence electrons. The number of hydrogen-bond acceptors (Lipinski definition) is 2. The fourth-order valence-corrected chi connectivity index (χ4v) is 3.62. The first-order chi connectivity index (χ1) is 13.2. The molecule has 0 radical (unpaired) electrons. The molecule has 0 heterocycles. The van der Waals surface area contributed by atoms with Crippen molar-refractivity contribution >= 4 is 5.78 Å². The smallest absolute Gasteiger partial charge is 0.154 e. The van der Waals surface area contributed by atoms with Crippen molar-refractivity contribution in [3.05, 3.63) is 108 Å². The van der Waals surface area contributed by atoms with Crippen LogP contribution in [0.4, 0.5) is 0 Å². The Bertz CT molecular complexity index is 743. The van der Waals surface area contributed by atoms with Crippen molar-refractivity contribution in [3.63, 3.8) is 0 Å². The van der Waals surface area contributed by atoms with E-state index in [1.165, 1.54) is 0 Å². The third-order valence-electron chi connectivity index (χ3n) is 4.82. The summed E-state index contributed by atoms with van der Waals surface area (Å²) in [6.45, 7) is 4.40. The summed E-state index contributed by atoms with van der Waals surface area (Å²) in [6, 6.07) is 30.2. The van der Waals surface area contributed by atoms with E-state index in [9.17, 15) is 4.79 Å². The molecule has 2 nitrogen and oxygen atoms in total. The summed E-state index contributed by atoms with van der Waals surface area (Å²) in [4.78, 5) is 13.8. The topological polar surface area (TPSA) is 26.3 Å². The van der Waals surface area contributed by atoms with E-state index in [0.717, 1.165) is 16.7 Å². The number of carbonyl (C=O) groups excluding carboxylic acids is 1. The molecule has 0 spiro atoms. The average Bonchev–Trinajstić information content (AvgIpc) is 2.71. The highest BCUT2D eigenvalue weighted by Crippen LogP contribution is 2.40. The molecule has 0 N–H and O–H groups in total. The molecular weight excluding hydrogens is 332 g/mol. The van der Waals surface area contributed by atoms with E-state index in [-0.39, 0.29) is 11.9 Å². The fraction of sp³-hybridized carbons (Fsp3) is 0.240. The zero-order chi connectivity index (χ0) is 19.1. The first-order valence-electron chi connectivity index (χ1n) is 9.47. The van der Waals surface area contributed by atoms with E-state index >= 15 is 0 Å². The molecule has 3 aromatic carbocycles. The van der Waals surface area contributed by atoms with Crippen molar-refractivity contribution in [2.45, 2.75) is 31.8 Å². The number of ketones is 1. The van der Waals surface area contributed by atoms with Gasteiger partial charge in [-0.3, -0.25) is 4.79 Å². The summed E-state index contributed by atoms with van der Waals surface area (Å²) in [6.07, 6.45) is 0.467. The van der Waals surface area contributed by atoms with Crippen molar-refractivity contribution in [3.8, 4) is 0 Å². The van der Waals surface area contributed by atoms with Gasteiger partial charge in [0.1, 0.15) is 5.41 Å². The number of Topliss-reactive ketones (excluding diaryl/α,β-unsaturated/α-hetero) is 1. The lowest BCUT2D eigenvalue weighted by Crippen LogP contribution is -2.39. The standard InChI is InChI=1S/C25H26O2/c1-20(2)27-19-18-24(26)25(21-12-6-3-7-13-21,22-14-8-4-9-15-22)23-16-10-5-11-17-23/h3-17,20H,18-19H2,1-2H3. The monoisotopic (exact) mass is 358 g/mol. The van der Waals surface area contributed by atoms with Crippen molar-refractivity contribution < 1.29 is 9.53 Å². The molecular formula is C25H26O2. The Labute approximate surface area is 161 Å². The highest BCUT2D eigenvalue weighted by molar-refractivity contribution is 5.97. The van der Waals surface area contributed by atoms with Crippen LogP contribution in [0.3, 0.4) is 0 Å². The van der Waals surface area contributed by atoms with Gasteiger partial charge in [0.25, 0.3) is 0 Å². The van der Waals surface area contributed by atoms with Crippen LogP contribution in [0.2, 0.25) is 0 Å². The maximum atomic E-state index is 13.8. The second kappa shape index (κ2) is 8.79. The molecule has 3 aromatic rings. The van der Waals surface area contributed by atoms with Gasteiger partial charge in [-0.25, -0.2) is 0 Å². The molecule has 0 aliphatic heterocycles. The molecule has 0 atom stereocenters. The Hall–Kier alpha value is -2.71. The zero-order valence-electron chi connectivity index (χ0n) is 16.0. The molecule has 2 heteroatoms. The number of ether oxygens (including phenoxy) is 1. The Balaban J connectivity index is 2.18. The highest BCUT2D eigenvalue weighted by Gasteiger charge is 2.42. The van der Waals surface area contributed by atoms with Crippen LogP contribution in [0.1, 0.15) is 37.0 Å². The van der Waals surface area contributed by atoms with Gasteiger partial charge in [-0.1, -0.05) is 91.0 Å². The van der Waals surface area contributed by atoms with Gasteiger partial charge in [0.05, 0.1) is 12.7 Å². The number of rotatable bonds is 8. The van der Waals surface area contributed by atoms with Crippen LogP contribution in [-0.2, 0) is 14.9 Å². The first-order valence-corrected chi connectivity index (χ1v) is 9.47. The van der Waals surface area contributed by atoms with E-state index in [1.54, 1.807) is 0 Å². The minimum Gasteiger partial charge on any atom is -0.378 e.